The highest BCUT2D eigenvalue weighted by Crippen LogP contribution is 2.01. The second-order valence-electron chi connectivity index (χ2n) is 3.46. The van der Waals surface area contributed by atoms with Crippen LogP contribution in [0.15, 0.2) is 12.3 Å². The Balaban J connectivity index is 2.64. The van der Waals surface area contributed by atoms with Crippen molar-refractivity contribution >= 4 is 5.97 Å². The molecule has 0 aliphatic rings. The van der Waals surface area contributed by atoms with E-state index < -0.39 is 0 Å². The fourth-order valence-electron chi connectivity index (χ4n) is 1.18. The Bertz CT molecular complexity index is 320. The summed E-state index contributed by atoms with van der Waals surface area (Å²) in [6.07, 6.45) is 1.61. The van der Waals surface area contributed by atoms with E-state index in [1.54, 1.807) is 23.9 Å². The van der Waals surface area contributed by atoms with Gasteiger partial charge in [0.15, 0.2) is 0 Å². The number of carbonyl (C=O) groups is 1. The van der Waals surface area contributed by atoms with E-state index >= 15 is 0 Å². The second-order valence-corrected chi connectivity index (χ2v) is 3.46. The summed E-state index contributed by atoms with van der Waals surface area (Å²) in [6, 6.07) is 1.67. The highest BCUT2D eigenvalue weighted by atomic mass is 16.5. The zero-order valence-electron chi connectivity index (χ0n) is 9.43. The van der Waals surface area contributed by atoms with Crippen LogP contribution in [-0.2, 0) is 11.3 Å². The van der Waals surface area contributed by atoms with Gasteiger partial charge in [-0.15, -0.1) is 0 Å². The Morgan fingerprint density at radius 2 is 2.33 bits per heavy atom. The van der Waals surface area contributed by atoms with Gasteiger partial charge in [-0.1, -0.05) is 0 Å². The van der Waals surface area contributed by atoms with Crippen LogP contribution in [-0.4, -0.2) is 47.9 Å². The lowest BCUT2D eigenvalue weighted by molar-refractivity contribution is 0.0511. The first-order valence-electron chi connectivity index (χ1n) is 4.98. The number of hydrogen-bond acceptors (Lipinski definition) is 4. The minimum Gasteiger partial charge on any atom is -0.461 e. The lowest BCUT2D eigenvalue weighted by atomic mass is 10.4. The maximum absolute atomic E-state index is 11.5. The second kappa shape index (κ2) is 5.50. The summed E-state index contributed by atoms with van der Waals surface area (Å²) in [7, 11) is 3.96. The highest BCUT2D eigenvalue weighted by molar-refractivity contribution is 5.87. The third kappa shape index (κ3) is 3.36. The molecule has 0 amide bonds. The van der Waals surface area contributed by atoms with Crippen molar-refractivity contribution in [3.8, 4) is 0 Å². The molecule has 1 rings (SSSR count). The van der Waals surface area contributed by atoms with Crippen molar-refractivity contribution in [2.75, 3.05) is 27.2 Å². The van der Waals surface area contributed by atoms with Gasteiger partial charge in [0, 0.05) is 12.7 Å². The van der Waals surface area contributed by atoms with Crippen LogP contribution in [0.5, 0.6) is 0 Å². The molecule has 84 valence electrons. The lowest BCUT2D eigenvalue weighted by Crippen LogP contribution is -2.22. The minimum atomic E-state index is -0.311. The first-order valence-corrected chi connectivity index (χ1v) is 4.98. The van der Waals surface area contributed by atoms with Crippen LogP contribution in [0.1, 0.15) is 17.4 Å². The Morgan fingerprint density at radius 3 is 2.93 bits per heavy atom. The Hall–Kier alpha value is -1.36. The molecule has 0 aliphatic heterocycles. The number of carbonyl (C=O) groups excluding carboxylic acids is 1. The Morgan fingerprint density at radius 1 is 1.60 bits per heavy atom. The van der Waals surface area contributed by atoms with E-state index in [1.165, 1.54) is 0 Å². The molecule has 1 aromatic heterocycles. The first kappa shape index (κ1) is 11.7. The molecule has 0 bridgehead atoms. The average Bonchev–Trinajstić information content (AvgIpc) is 2.62. The van der Waals surface area contributed by atoms with Gasteiger partial charge in [-0.3, -0.25) is 4.68 Å². The first-order chi connectivity index (χ1) is 7.15. The van der Waals surface area contributed by atoms with Crippen molar-refractivity contribution < 1.29 is 9.53 Å². The normalized spacial score (nSPS) is 10.7. The summed E-state index contributed by atoms with van der Waals surface area (Å²) in [4.78, 5) is 13.5. The van der Waals surface area contributed by atoms with Gasteiger partial charge in [-0.2, -0.15) is 5.10 Å². The highest BCUT2D eigenvalue weighted by Gasteiger charge is 2.12. The summed E-state index contributed by atoms with van der Waals surface area (Å²) in [6.45, 7) is 3.71. The molecule has 15 heavy (non-hydrogen) atoms. The maximum Gasteiger partial charge on any atom is 0.356 e. The fraction of sp³-hybridized carbons (Fsp3) is 0.600. The van der Waals surface area contributed by atoms with Gasteiger partial charge in [0.25, 0.3) is 0 Å². The average molecular weight is 211 g/mol. The lowest BCUT2D eigenvalue weighted by Gasteiger charge is -2.11. The number of likely N-dealkylation sites (N-methyl/N-ethyl adjacent to an activating group) is 1. The predicted molar refractivity (Wildman–Crippen MR) is 56.7 cm³/mol. The van der Waals surface area contributed by atoms with Crippen molar-refractivity contribution in [3.05, 3.63) is 18.0 Å². The van der Waals surface area contributed by atoms with Crippen LogP contribution in [0.2, 0.25) is 0 Å². The van der Waals surface area contributed by atoms with Crippen LogP contribution >= 0.6 is 0 Å². The van der Waals surface area contributed by atoms with Crippen molar-refractivity contribution in [2.24, 2.45) is 0 Å². The van der Waals surface area contributed by atoms with Crippen LogP contribution < -0.4 is 0 Å². The summed E-state index contributed by atoms with van der Waals surface area (Å²) < 4.78 is 6.59. The van der Waals surface area contributed by atoms with Crippen LogP contribution in [0.3, 0.4) is 0 Å². The van der Waals surface area contributed by atoms with E-state index in [0.29, 0.717) is 18.8 Å². The minimum absolute atomic E-state index is 0.311. The molecule has 1 heterocycles. The van der Waals surface area contributed by atoms with Gasteiger partial charge in [0.1, 0.15) is 5.69 Å². The molecule has 5 nitrogen and oxygen atoms in total. The smallest absolute Gasteiger partial charge is 0.356 e. The standard InChI is InChI=1S/C10H17N3O2/c1-4-15-10(14)9-5-6-11-13(9)8-7-12(2)3/h5-6H,4,7-8H2,1-3H3. The van der Waals surface area contributed by atoms with Crippen molar-refractivity contribution in [2.45, 2.75) is 13.5 Å². The molecule has 0 radical (unpaired) electrons. The molecule has 0 fully saturated rings. The Kier molecular flexibility index (Phi) is 4.30. The summed E-state index contributed by atoms with van der Waals surface area (Å²) in [5.74, 6) is -0.311. The van der Waals surface area contributed by atoms with Crippen molar-refractivity contribution in [1.29, 1.82) is 0 Å². The molecule has 0 N–H and O–H groups in total. The van der Waals surface area contributed by atoms with E-state index in [4.69, 9.17) is 4.74 Å². The molecule has 0 saturated heterocycles. The summed E-state index contributed by atoms with van der Waals surface area (Å²) in [5, 5.41) is 4.08. The van der Waals surface area contributed by atoms with Gasteiger partial charge >= 0.3 is 5.97 Å². The van der Waals surface area contributed by atoms with E-state index in [9.17, 15) is 4.79 Å². The zero-order valence-corrected chi connectivity index (χ0v) is 9.43. The maximum atomic E-state index is 11.5. The molecule has 0 aromatic carbocycles. The van der Waals surface area contributed by atoms with Gasteiger partial charge < -0.3 is 9.64 Å². The summed E-state index contributed by atoms with van der Waals surface area (Å²) in [5.41, 5.74) is 0.513. The molecular weight excluding hydrogens is 194 g/mol. The quantitative estimate of drug-likeness (QED) is 0.670. The number of ether oxygens (including phenoxy) is 1. The molecule has 0 saturated carbocycles. The Labute approximate surface area is 89.6 Å². The molecule has 0 spiro atoms. The van der Waals surface area contributed by atoms with Crippen LogP contribution in [0.4, 0.5) is 0 Å². The van der Waals surface area contributed by atoms with E-state index in [1.807, 2.05) is 19.0 Å². The number of rotatable bonds is 5. The van der Waals surface area contributed by atoms with Crippen molar-refractivity contribution in [3.63, 3.8) is 0 Å². The molecule has 0 unspecified atom stereocenters. The summed E-state index contributed by atoms with van der Waals surface area (Å²) >= 11 is 0. The molecule has 5 heteroatoms. The van der Waals surface area contributed by atoms with E-state index in [0.717, 1.165) is 6.54 Å². The molecule has 0 aliphatic carbocycles. The number of aromatic nitrogens is 2. The predicted octanol–water partition coefficient (Wildman–Crippen LogP) is 0.621. The third-order valence-corrected chi connectivity index (χ3v) is 1.96. The fourth-order valence-corrected chi connectivity index (χ4v) is 1.18. The number of hydrogen-bond donors (Lipinski definition) is 0. The third-order valence-electron chi connectivity index (χ3n) is 1.96. The van der Waals surface area contributed by atoms with Gasteiger partial charge in [0.05, 0.1) is 13.2 Å². The largest absolute Gasteiger partial charge is 0.461 e. The van der Waals surface area contributed by atoms with Gasteiger partial charge in [-0.05, 0) is 27.1 Å². The molecular formula is C10H17N3O2. The zero-order chi connectivity index (χ0) is 11.3. The number of esters is 1. The van der Waals surface area contributed by atoms with Gasteiger partial charge in [-0.25, -0.2) is 4.79 Å². The SMILES string of the molecule is CCOC(=O)c1ccnn1CCN(C)C. The van der Waals surface area contributed by atoms with Gasteiger partial charge in [0.2, 0.25) is 0 Å². The van der Waals surface area contributed by atoms with E-state index in [-0.39, 0.29) is 5.97 Å². The van der Waals surface area contributed by atoms with E-state index in [2.05, 4.69) is 5.10 Å². The topological polar surface area (TPSA) is 47.4 Å². The molecule has 1 aromatic rings. The molecule has 0 atom stereocenters. The van der Waals surface area contributed by atoms with Crippen LogP contribution in [0.25, 0.3) is 0 Å². The van der Waals surface area contributed by atoms with Crippen molar-refractivity contribution in [1.82, 2.24) is 14.7 Å². The van der Waals surface area contributed by atoms with Crippen LogP contribution in [0, 0.1) is 0 Å². The monoisotopic (exact) mass is 211 g/mol. The number of nitrogens with zero attached hydrogens (tertiary/aromatic N) is 3.